The Morgan fingerprint density at radius 3 is 2.04 bits per heavy atom. The van der Waals surface area contributed by atoms with Crippen LogP contribution in [0.3, 0.4) is 0 Å². The summed E-state index contributed by atoms with van der Waals surface area (Å²) in [6, 6.07) is 11.6. The second-order valence-corrected chi connectivity index (χ2v) is 8.29. The van der Waals surface area contributed by atoms with E-state index in [2.05, 4.69) is 55.7 Å². The number of nitrogens with zero attached hydrogens (tertiary/aromatic N) is 1. The third kappa shape index (κ3) is 8.79. The summed E-state index contributed by atoms with van der Waals surface area (Å²) in [4.78, 5) is 1.72. The van der Waals surface area contributed by atoms with E-state index in [1.807, 2.05) is 0 Å². The molecular formula is C24H42ClN2+. The van der Waals surface area contributed by atoms with Gasteiger partial charge in [-0.05, 0) is 12.8 Å². The van der Waals surface area contributed by atoms with Gasteiger partial charge in [0.1, 0.15) is 6.54 Å². The molecule has 27 heavy (non-hydrogen) atoms. The van der Waals surface area contributed by atoms with Crippen molar-refractivity contribution in [1.29, 1.82) is 0 Å². The molecule has 0 saturated carbocycles. The largest absolute Gasteiger partial charge is 1.00 e. The van der Waals surface area contributed by atoms with Crippen LogP contribution < -0.4 is 17.3 Å². The van der Waals surface area contributed by atoms with Crippen molar-refractivity contribution in [2.45, 2.75) is 97.6 Å². The van der Waals surface area contributed by atoms with Gasteiger partial charge in [0.2, 0.25) is 6.04 Å². The van der Waals surface area contributed by atoms with Crippen LogP contribution in [0.15, 0.2) is 30.3 Å². The second-order valence-electron chi connectivity index (χ2n) is 8.29. The molecule has 0 bridgehead atoms. The van der Waals surface area contributed by atoms with Crippen LogP contribution in [0, 0.1) is 0 Å². The molecule has 1 aliphatic heterocycles. The highest BCUT2D eigenvalue weighted by atomic mass is 35.5. The van der Waals surface area contributed by atoms with Crippen LogP contribution in [0.25, 0.3) is 0 Å². The molecule has 1 aliphatic rings. The van der Waals surface area contributed by atoms with Crippen molar-refractivity contribution in [1.82, 2.24) is 0 Å². The number of hydrogen-bond donors (Lipinski definition) is 1. The van der Waals surface area contributed by atoms with Crippen LogP contribution in [-0.2, 0) is 6.54 Å². The van der Waals surface area contributed by atoms with Crippen molar-refractivity contribution in [3.05, 3.63) is 35.9 Å². The first-order valence-corrected chi connectivity index (χ1v) is 11.2. The van der Waals surface area contributed by atoms with Crippen LogP contribution in [-0.4, -0.2) is 29.5 Å². The van der Waals surface area contributed by atoms with E-state index in [0.29, 0.717) is 6.04 Å². The van der Waals surface area contributed by atoms with E-state index in [9.17, 15) is 0 Å². The Morgan fingerprint density at radius 2 is 1.44 bits per heavy atom. The van der Waals surface area contributed by atoms with Crippen molar-refractivity contribution in [2.75, 3.05) is 13.1 Å². The zero-order valence-corrected chi connectivity index (χ0v) is 18.7. The monoisotopic (exact) mass is 393 g/mol. The molecule has 0 aromatic heterocycles. The number of amidine groups is 1. The minimum absolute atomic E-state index is 0. The quantitative estimate of drug-likeness (QED) is 0.386. The van der Waals surface area contributed by atoms with Crippen molar-refractivity contribution >= 4 is 5.84 Å². The van der Waals surface area contributed by atoms with Crippen molar-refractivity contribution < 1.29 is 21.9 Å². The summed E-state index contributed by atoms with van der Waals surface area (Å²) in [5.41, 5.74) is 1.43. The van der Waals surface area contributed by atoms with Crippen LogP contribution in [0.1, 0.15) is 90.5 Å². The molecule has 1 heterocycles. The molecule has 0 radical (unpaired) electrons. The molecular weight excluding hydrogens is 352 g/mol. The molecule has 1 N–H and O–H groups in total. The lowest BCUT2D eigenvalue weighted by atomic mass is 10.1. The Morgan fingerprint density at radius 1 is 0.889 bits per heavy atom. The van der Waals surface area contributed by atoms with E-state index in [4.69, 9.17) is 0 Å². The molecule has 1 aromatic rings. The summed E-state index contributed by atoms with van der Waals surface area (Å²) in [5.74, 6) is 1.55. The molecule has 0 saturated heterocycles. The average Bonchev–Trinajstić information content (AvgIpc) is 2.92. The van der Waals surface area contributed by atoms with Crippen LogP contribution in [0.4, 0.5) is 0 Å². The lowest BCUT2D eigenvalue weighted by molar-refractivity contribution is -0.803. The Labute approximate surface area is 174 Å². The van der Waals surface area contributed by atoms with E-state index >= 15 is 0 Å². The van der Waals surface area contributed by atoms with E-state index in [0.717, 1.165) is 6.54 Å². The fourth-order valence-electron chi connectivity index (χ4n) is 4.31. The smallest absolute Gasteiger partial charge is 0.334 e. The normalized spacial score (nSPS) is 19.4. The first-order valence-electron chi connectivity index (χ1n) is 11.2. The first-order chi connectivity index (χ1) is 12.7. The van der Waals surface area contributed by atoms with E-state index in [1.165, 1.54) is 82.9 Å². The van der Waals surface area contributed by atoms with Gasteiger partial charge in [0.05, 0.1) is 13.5 Å². The molecule has 2 unspecified atom stereocenters. The predicted molar refractivity (Wildman–Crippen MR) is 113 cm³/mol. The topological polar surface area (TPSA) is 7.45 Å². The minimum Gasteiger partial charge on any atom is -1.00 e. The van der Waals surface area contributed by atoms with Gasteiger partial charge in [-0.15, -0.1) is 0 Å². The molecule has 3 heteroatoms. The van der Waals surface area contributed by atoms with E-state index < -0.39 is 0 Å². The highest BCUT2D eigenvalue weighted by molar-refractivity contribution is 5.65. The number of quaternary nitrogens is 1. The summed E-state index contributed by atoms with van der Waals surface area (Å²) in [5, 5.41) is 0. The van der Waals surface area contributed by atoms with Crippen molar-refractivity contribution in [2.24, 2.45) is 0 Å². The first kappa shape index (κ1) is 24.2. The fourth-order valence-corrected chi connectivity index (χ4v) is 4.31. The Hall–Kier alpha value is -0.860. The van der Waals surface area contributed by atoms with Crippen LogP contribution in [0.2, 0.25) is 0 Å². The molecule has 0 spiro atoms. The molecule has 0 amide bonds. The van der Waals surface area contributed by atoms with Gasteiger partial charge in [-0.2, -0.15) is 4.58 Å². The fraction of sp³-hybridized carbons (Fsp3) is 0.708. The maximum absolute atomic E-state index is 2.61. The Kier molecular flexibility index (Phi) is 12.7. The maximum Gasteiger partial charge on any atom is 0.334 e. The average molecular weight is 394 g/mol. The lowest BCUT2D eigenvalue weighted by Crippen LogP contribution is -3.13. The molecule has 2 nitrogen and oxygen atoms in total. The molecule has 2 atom stereocenters. The summed E-state index contributed by atoms with van der Waals surface area (Å²) in [6.45, 7) is 10.7. The van der Waals surface area contributed by atoms with Crippen molar-refractivity contribution in [3.8, 4) is 0 Å². The molecule has 2 rings (SSSR count). The van der Waals surface area contributed by atoms with Gasteiger partial charge < -0.3 is 12.4 Å². The van der Waals surface area contributed by atoms with Gasteiger partial charge in [0.15, 0.2) is 6.54 Å². The Bertz CT molecular complexity index is 526. The second kappa shape index (κ2) is 14.2. The molecule has 1 aromatic carbocycles. The number of nitrogens with one attached hydrogen (secondary N) is 1. The van der Waals surface area contributed by atoms with Crippen molar-refractivity contribution in [3.63, 3.8) is 0 Å². The van der Waals surface area contributed by atoms with Crippen LogP contribution in [0.5, 0.6) is 0 Å². The molecule has 0 fully saturated rings. The number of rotatable bonds is 13. The Balaban J connectivity index is 0.00000364. The zero-order valence-electron chi connectivity index (χ0n) is 18.0. The van der Waals surface area contributed by atoms with Crippen LogP contribution >= 0.6 is 0 Å². The number of unbranched alkanes of at least 4 members (excludes halogenated alkanes) is 9. The summed E-state index contributed by atoms with van der Waals surface area (Å²) >= 11 is 0. The van der Waals surface area contributed by atoms with Gasteiger partial charge in [0, 0.05) is 12.5 Å². The van der Waals surface area contributed by atoms with E-state index in [1.54, 1.807) is 10.7 Å². The van der Waals surface area contributed by atoms with Gasteiger partial charge >= 0.3 is 5.84 Å². The van der Waals surface area contributed by atoms with Gasteiger partial charge in [-0.1, -0.05) is 88.6 Å². The number of hydrogen-bond acceptors (Lipinski definition) is 0. The SMILES string of the molecule is CCCCCCCCCCCC[NH+]1CC(C)[N+](Cc2ccccc2)=C1C.[Cl-]. The molecule has 154 valence electrons. The summed E-state index contributed by atoms with van der Waals surface area (Å²) < 4.78 is 2.61. The van der Waals surface area contributed by atoms with E-state index in [-0.39, 0.29) is 12.4 Å². The third-order valence-electron chi connectivity index (χ3n) is 6.04. The summed E-state index contributed by atoms with van der Waals surface area (Å²) in [6.07, 6.45) is 14.3. The van der Waals surface area contributed by atoms with Gasteiger partial charge in [0.25, 0.3) is 0 Å². The van der Waals surface area contributed by atoms with Gasteiger partial charge in [-0.3, -0.25) is 0 Å². The number of benzene rings is 1. The summed E-state index contributed by atoms with van der Waals surface area (Å²) in [7, 11) is 0. The standard InChI is InChI=1S/C24H41N2.ClH/c1-4-5-6-7-8-9-10-11-12-16-19-25-20-22(2)26(23(25)3)21-24-17-14-13-15-18-24;/h13-15,17-18,22H,4-12,16,19-21H2,1-3H3;1H/q+1;. The minimum atomic E-state index is 0. The maximum atomic E-state index is 2.61. The number of halogens is 1. The predicted octanol–water partition coefficient (Wildman–Crippen LogP) is 1.83. The highest BCUT2D eigenvalue weighted by Crippen LogP contribution is 2.10. The molecule has 0 aliphatic carbocycles. The zero-order chi connectivity index (χ0) is 18.6. The lowest BCUT2D eigenvalue weighted by Gasteiger charge is -2.08. The highest BCUT2D eigenvalue weighted by Gasteiger charge is 2.37. The van der Waals surface area contributed by atoms with Gasteiger partial charge in [-0.25, -0.2) is 4.90 Å². The third-order valence-corrected chi connectivity index (χ3v) is 6.04.